The Morgan fingerprint density at radius 3 is 2.71 bits per heavy atom. The van der Waals surface area contributed by atoms with Gasteiger partial charge in [0.05, 0.1) is 0 Å². The van der Waals surface area contributed by atoms with Gasteiger partial charge in [-0.3, -0.25) is 0 Å². The highest BCUT2D eigenvalue weighted by Crippen LogP contribution is 2.04. The van der Waals surface area contributed by atoms with Crippen LogP contribution in [0, 0.1) is 5.92 Å². The van der Waals surface area contributed by atoms with E-state index in [2.05, 4.69) is 43.1 Å². The Morgan fingerprint density at radius 1 is 1.43 bits per heavy atom. The highest BCUT2D eigenvalue weighted by molar-refractivity contribution is 4.80. The lowest BCUT2D eigenvalue weighted by atomic mass is 10.1. The Labute approximate surface area is 88.5 Å². The van der Waals surface area contributed by atoms with Crippen LogP contribution in [-0.2, 0) is 0 Å². The van der Waals surface area contributed by atoms with E-state index in [0.29, 0.717) is 6.04 Å². The maximum Gasteiger partial charge on any atom is 0.0322 e. The third-order valence-electron chi connectivity index (χ3n) is 2.55. The fourth-order valence-electron chi connectivity index (χ4n) is 2.14. The van der Waals surface area contributed by atoms with Gasteiger partial charge in [0.1, 0.15) is 0 Å². The van der Waals surface area contributed by atoms with Gasteiger partial charge in [-0.2, -0.15) is 0 Å². The van der Waals surface area contributed by atoms with Crippen molar-refractivity contribution in [2.75, 3.05) is 46.8 Å². The van der Waals surface area contributed by atoms with Gasteiger partial charge in [-0.05, 0) is 20.0 Å². The number of rotatable bonds is 4. The lowest BCUT2D eigenvalue weighted by molar-refractivity contribution is 0.164. The third kappa shape index (κ3) is 4.40. The van der Waals surface area contributed by atoms with Crippen molar-refractivity contribution in [2.24, 2.45) is 5.92 Å². The second kappa shape index (κ2) is 5.69. The molecule has 84 valence electrons. The molecule has 14 heavy (non-hydrogen) atoms. The molecule has 1 heterocycles. The summed E-state index contributed by atoms with van der Waals surface area (Å²) in [4.78, 5) is 4.84. The first-order valence-electron chi connectivity index (χ1n) is 5.68. The molecule has 3 nitrogen and oxygen atoms in total. The van der Waals surface area contributed by atoms with Crippen LogP contribution >= 0.6 is 0 Å². The van der Waals surface area contributed by atoms with Crippen molar-refractivity contribution < 1.29 is 0 Å². The maximum absolute atomic E-state index is 3.57. The molecule has 0 radical (unpaired) electrons. The van der Waals surface area contributed by atoms with Crippen molar-refractivity contribution >= 4 is 0 Å². The van der Waals surface area contributed by atoms with Gasteiger partial charge >= 0.3 is 0 Å². The van der Waals surface area contributed by atoms with Gasteiger partial charge < -0.3 is 15.1 Å². The summed E-state index contributed by atoms with van der Waals surface area (Å²) < 4.78 is 0. The molecule has 0 aromatic heterocycles. The van der Waals surface area contributed by atoms with Crippen molar-refractivity contribution in [3.05, 3.63) is 0 Å². The first-order valence-corrected chi connectivity index (χ1v) is 5.68. The van der Waals surface area contributed by atoms with Crippen LogP contribution < -0.4 is 5.32 Å². The topological polar surface area (TPSA) is 18.5 Å². The second-order valence-corrected chi connectivity index (χ2v) is 5.07. The first-order chi connectivity index (χ1) is 6.58. The number of nitrogens with zero attached hydrogens (tertiary/aromatic N) is 2. The van der Waals surface area contributed by atoms with E-state index in [1.54, 1.807) is 0 Å². The van der Waals surface area contributed by atoms with Crippen LogP contribution in [0.4, 0.5) is 0 Å². The van der Waals surface area contributed by atoms with E-state index in [1.165, 1.54) is 19.6 Å². The standard InChI is InChI=1S/C11H25N3/c1-10(2)7-14-6-5-12-11(9-14)8-13(3)4/h10-12H,5-9H2,1-4H3. The molecule has 1 rings (SSSR count). The molecular weight excluding hydrogens is 174 g/mol. The minimum atomic E-state index is 0.650. The van der Waals surface area contributed by atoms with Gasteiger partial charge in [-0.25, -0.2) is 0 Å². The fraction of sp³-hybridized carbons (Fsp3) is 1.00. The lowest BCUT2D eigenvalue weighted by Crippen LogP contribution is -2.54. The van der Waals surface area contributed by atoms with Gasteiger partial charge in [0, 0.05) is 38.8 Å². The van der Waals surface area contributed by atoms with Gasteiger partial charge in [-0.15, -0.1) is 0 Å². The molecule has 0 aromatic carbocycles. The normalized spacial score (nSPS) is 24.9. The number of likely N-dealkylation sites (N-methyl/N-ethyl adjacent to an activating group) is 1. The quantitative estimate of drug-likeness (QED) is 0.710. The molecule has 0 bridgehead atoms. The molecule has 0 amide bonds. The van der Waals surface area contributed by atoms with E-state index in [-0.39, 0.29) is 0 Å². The zero-order chi connectivity index (χ0) is 10.6. The van der Waals surface area contributed by atoms with E-state index in [0.717, 1.165) is 19.0 Å². The smallest absolute Gasteiger partial charge is 0.0322 e. The number of piperazine rings is 1. The van der Waals surface area contributed by atoms with Crippen molar-refractivity contribution in [3.63, 3.8) is 0 Å². The lowest BCUT2D eigenvalue weighted by Gasteiger charge is -2.35. The molecule has 0 aliphatic carbocycles. The van der Waals surface area contributed by atoms with Crippen LogP contribution in [0.5, 0.6) is 0 Å². The second-order valence-electron chi connectivity index (χ2n) is 5.07. The summed E-state index contributed by atoms with van der Waals surface area (Å²) in [6.45, 7) is 10.5. The summed E-state index contributed by atoms with van der Waals surface area (Å²) in [6, 6.07) is 0.650. The summed E-state index contributed by atoms with van der Waals surface area (Å²) in [7, 11) is 4.28. The largest absolute Gasteiger partial charge is 0.310 e. The highest BCUT2D eigenvalue weighted by atomic mass is 15.2. The van der Waals surface area contributed by atoms with Gasteiger partial charge in [0.25, 0.3) is 0 Å². The van der Waals surface area contributed by atoms with Crippen LogP contribution in [0.15, 0.2) is 0 Å². The average Bonchev–Trinajstić information content (AvgIpc) is 2.01. The predicted molar refractivity (Wildman–Crippen MR) is 61.6 cm³/mol. The summed E-state index contributed by atoms with van der Waals surface area (Å²) in [5.41, 5.74) is 0. The first kappa shape index (κ1) is 12.0. The molecule has 0 aromatic rings. The number of hydrogen-bond acceptors (Lipinski definition) is 3. The minimum absolute atomic E-state index is 0.650. The summed E-state index contributed by atoms with van der Waals surface area (Å²) in [6.07, 6.45) is 0. The Morgan fingerprint density at radius 2 is 2.14 bits per heavy atom. The van der Waals surface area contributed by atoms with E-state index < -0.39 is 0 Å². The van der Waals surface area contributed by atoms with Crippen molar-refractivity contribution in [1.82, 2.24) is 15.1 Å². The third-order valence-corrected chi connectivity index (χ3v) is 2.55. The summed E-state index contributed by atoms with van der Waals surface area (Å²) in [5.74, 6) is 0.785. The maximum atomic E-state index is 3.57. The monoisotopic (exact) mass is 199 g/mol. The Balaban J connectivity index is 2.28. The molecular formula is C11H25N3. The van der Waals surface area contributed by atoms with Crippen molar-refractivity contribution in [1.29, 1.82) is 0 Å². The molecule has 1 fully saturated rings. The predicted octanol–water partition coefficient (Wildman–Crippen LogP) is 0.478. The van der Waals surface area contributed by atoms with Crippen LogP contribution in [0.25, 0.3) is 0 Å². The molecule has 1 saturated heterocycles. The van der Waals surface area contributed by atoms with Crippen LogP contribution in [-0.4, -0.2) is 62.7 Å². The molecule has 1 N–H and O–H groups in total. The molecule has 0 spiro atoms. The summed E-state index contributed by atoms with van der Waals surface area (Å²) in [5, 5.41) is 3.57. The molecule has 1 aliphatic heterocycles. The Kier molecular flexibility index (Phi) is 4.85. The fourth-order valence-corrected chi connectivity index (χ4v) is 2.14. The van der Waals surface area contributed by atoms with Crippen LogP contribution in [0.1, 0.15) is 13.8 Å². The highest BCUT2D eigenvalue weighted by Gasteiger charge is 2.19. The minimum Gasteiger partial charge on any atom is -0.310 e. The summed E-state index contributed by atoms with van der Waals surface area (Å²) >= 11 is 0. The zero-order valence-electron chi connectivity index (χ0n) is 10.1. The average molecular weight is 199 g/mol. The Hall–Kier alpha value is -0.120. The SMILES string of the molecule is CC(C)CN1CCNC(CN(C)C)C1. The van der Waals surface area contributed by atoms with Gasteiger partial charge in [0.15, 0.2) is 0 Å². The van der Waals surface area contributed by atoms with Crippen molar-refractivity contribution in [3.8, 4) is 0 Å². The van der Waals surface area contributed by atoms with E-state index >= 15 is 0 Å². The van der Waals surface area contributed by atoms with Crippen LogP contribution in [0.2, 0.25) is 0 Å². The molecule has 3 heteroatoms. The van der Waals surface area contributed by atoms with E-state index in [9.17, 15) is 0 Å². The molecule has 1 aliphatic rings. The van der Waals surface area contributed by atoms with Crippen LogP contribution in [0.3, 0.4) is 0 Å². The van der Waals surface area contributed by atoms with E-state index in [1.807, 2.05) is 0 Å². The van der Waals surface area contributed by atoms with Gasteiger partial charge in [-0.1, -0.05) is 13.8 Å². The zero-order valence-corrected chi connectivity index (χ0v) is 10.1. The molecule has 1 atom stereocenters. The van der Waals surface area contributed by atoms with Gasteiger partial charge in [0.2, 0.25) is 0 Å². The Bertz CT molecular complexity index is 141. The molecule has 1 unspecified atom stereocenters. The molecule has 0 saturated carbocycles. The van der Waals surface area contributed by atoms with E-state index in [4.69, 9.17) is 0 Å². The van der Waals surface area contributed by atoms with Crippen molar-refractivity contribution in [2.45, 2.75) is 19.9 Å². The number of nitrogens with one attached hydrogen (secondary N) is 1. The number of hydrogen-bond donors (Lipinski definition) is 1.